The number of aliphatic imine (C=N–C) groups is 1. The number of aliphatic hydroxyl groups is 1. The van der Waals surface area contributed by atoms with Crippen LogP contribution in [-0.4, -0.2) is 29.6 Å². The molecule has 0 aliphatic rings. The summed E-state index contributed by atoms with van der Waals surface area (Å²) in [6, 6.07) is 4.90. The first-order chi connectivity index (χ1) is 11.0. The van der Waals surface area contributed by atoms with E-state index in [9.17, 15) is 14.7 Å². The van der Waals surface area contributed by atoms with E-state index in [1.165, 1.54) is 6.21 Å². The first kappa shape index (κ1) is 18.9. The van der Waals surface area contributed by atoms with Gasteiger partial charge in [-0.15, -0.1) is 0 Å². The molecule has 0 radical (unpaired) electrons. The number of aliphatic hydroxyl groups excluding tert-OH is 1. The molecule has 1 rings (SSSR count). The SMILES string of the molecule is CCNC(=O)c1cccc(N=CC(C(=O)CC)=C(O)CC)c1Cl. The molecule has 0 fully saturated rings. The van der Waals surface area contributed by atoms with E-state index in [2.05, 4.69) is 10.3 Å². The largest absolute Gasteiger partial charge is 0.512 e. The molecular weight excluding hydrogens is 316 g/mol. The molecule has 23 heavy (non-hydrogen) atoms. The van der Waals surface area contributed by atoms with Gasteiger partial charge >= 0.3 is 0 Å². The van der Waals surface area contributed by atoms with Crippen molar-refractivity contribution in [3.63, 3.8) is 0 Å². The van der Waals surface area contributed by atoms with E-state index in [0.717, 1.165) is 0 Å². The lowest BCUT2D eigenvalue weighted by molar-refractivity contribution is -0.114. The van der Waals surface area contributed by atoms with E-state index in [1.54, 1.807) is 32.0 Å². The Morgan fingerprint density at radius 3 is 2.52 bits per heavy atom. The van der Waals surface area contributed by atoms with Gasteiger partial charge in [-0.2, -0.15) is 0 Å². The fraction of sp³-hybridized carbons (Fsp3) is 0.353. The maximum atomic E-state index is 11.9. The number of hydrogen-bond donors (Lipinski definition) is 2. The molecule has 0 spiro atoms. The van der Waals surface area contributed by atoms with Crippen LogP contribution in [0.5, 0.6) is 0 Å². The van der Waals surface area contributed by atoms with Crippen molar-refractivity contribution >= 4 is 35.2 Å². The molecule has 1 aromatic carbocycles. The summed E-state index contributed by atoms with van der Waals surface area (Å²) >= 11 is 6.21. The first-order valence-corrected chi connectivity index (χ1v) is 7.90. The molecule has 0 aliphatic heterocycles. The molecule has 5 nitrogen and oxygen atoms in total. The normalized spacial score (nSPS) is 12.2. The second-order valence-corrected chi connectivity index (χ2v) is 5.12. The van der Waals surface area contributed by atoms with Crippen LogP contribution in [-0.2, 0) is 4.79 Å². The Kier molecular flexibility index (Phi) is 7.48. The minimum Gasteiger partial charge on any atom is -0.512 e. The van der Waals surface area contributed by atoms with Crippen molar-refractivity contribution in [2.24, 2.45) is 4.99 Å². The Morgan fingerprint density at radius 1 is 1.26 bits per heavy atom. The van der Waals surface area contributed by atoms with Crippen molar-refractivity contribution in [1.29, 1.82) is 0 Å². The number of hydrogen-bond acceptors (Lipinski definition) is 4. The molecule has 0 unspecified atom stereocenters. The number of nitrogens with zero attached hydrogens (tertiary/aromatic N) is 1. The highest BCUT2D eigenvalue weighted by Crippen LogP contribution is 2.28. The lowest BCUT2D eigenvalue weighted by atomic mass is 10.1. The average molecular weight is 337 g/mol. The molecule has 0 heterocycles. The molecule has 0 atom stereocenters. The second kappa shape index (κ2) is 9.10. The second-order valence-electron chi connectivity index (χ2n) is 4.75. The van der Waals surface area contributed by atoms with Gasteiger partial charge in [0.15, 0.2) is 5.78 Å². The molecular formula is C17H21ClN2O3. The van der Waals surface area contributed by atoms with E-state index in [4.69, 9.17) is 11.6 Å². The maximum Gasteiger partial charge on any atom is 0.252 e. The van der Waals surface area contributed by atoms with Crippen molar-refractivity contribution in [3.8, 4) is 0 Å². The molecule has 6 heteroatoms. The van der Waals surface area contributed by atoms with E-state index >= 15 is 0 Å². The monoisotopic (exact) mass is 336 g/mol. The van der Waals surface area contributed by atoms with Crippen molar-refractivity contribution < 1.29 is 14.7 Å². The quantitative estimate of drug-likeness (QED) is 0.449. The Labute approximate surface area is 141 Å². The van der Waals surface area contributed by atoms with Gasteiger partial charge in [0, 0.05) is 25.6 Å². The number of allylic oxidation sites excluding steroid dienone is 2. The highest BCUT2D eigenvalue weighted by Gasteiger charge is 2.13. The van der Waals surface area contributed by atoms with Gasteiger partial charge in [-0.25, -0.2) is 0 Å². The predicted octanol–water partition coefficient (Wildman–Crippen LogP) is 3.99. The number of carbonyl (C=O) groups excluding carboxylic acids is 2. The van der Waals surface area contributed by atoms with Crippen LogP contribution in [0.3, 0.4) is 0 Å². The Balaban J connectivity index is 3.20. The summed E-state index contributed by atoms with van der Waals surface area (Å²) in [7, 11) is 0. The maximum absolute atomic E-state index is 11.9. The zero-order valence-electron chi connectivity index (χ0n) is 13.5. The average Bonchev–Trinajstić information content (AvgIpc) is 2.55. The summed E-state index contributed by atoms with van der Waals surface area (Å²) in [5, 5.41) is 12.7. The number of rotatable bonds is 7. The number of nitrogens with one attached hydrogen (secondary N) is 1. The highest BCUT2D eigenvalue weighted by molar-refractivity contribution is 6.36. The number of Topliss-reactive ketones (excluding diaryl/α,β-unsaturated/α-hetero) is 1. The van der Waals surface area contributed by atoms with E-state index < -0.39 is 0 Å². The van der Waals surface area contributed by atoms with Gasteiger partial charge in [0.05, 0.1) is 21.8 Å². The summed E-state index contributed by atoms with van der Waals surface area (Å²) in [5.74, 6) is -0.507. The van der Waals surface area contributed by atoms with E-state index in [0.29, 0.717) is 24.2 Å². The van der Waals surface area contributed by atoms with Crippen molar-refractivity contribution in [3.05, 3.63) is 40.1 Å². The predicted molar refractivity (Wildman–Crippen MR) is 92.9 cm³/mol. The summed E-state index contributed by atoms with van der Waals surface area (Å²) in [5.41, 5.74) is 0.838. The fourth-order valence-corrected chi connectivity index (χ4v) is 2.13. The summed E-state index contributed by atoms with van der Waals surface area (Å²) < 4.78 is 0. The van der Waals surface area contributed by atoms with Crippen LogP contribution in [0.15, 0.2) is 34.5 Å². The third-order valence-electron chi connectivity index (χ3n) is 3.16. The van der Waals surface area contributed by atoms with Gasteiger partial charge in [0.1, 0.15) is 5.76 Å². The van der Waals surface area contributed by atoms with Crippen molar-refractivity contribution in [1.82, 2.24) is 5.32 Å². The van der Waals surface area contributed by atoms with Crippen LogP contribution in [0.25, 0.3) is 0 Å². The van der Waals surface area contributed by atoms with Crippen LogP contribution >= 0.6 is 11.6 Å². The zero-order valence-corrected chi connectivity index (χ0v) is 14.3. The van der Waals surface area contributed by atoms with Crippen molar-refractivity contribution in [2.75, 3.05) is 6.54 Å². The number of amides is 1. The van der Waals surface area contributed by atoms with Gasteiger partial charge in [-0.3, -0.25) is 14.6 Å². The Bertz CT molecular complexity index is 651. The first-order valence-electron chi connectivity index (χ1n) is 7.52. The van der Waals surface area contributed by atoms with Gasteiger partial charge in [-0.1, -0.05) is 31.5 Å². The fourth-order valence-electron chi connectivity index (χ4n) is 1.87. The lowest BCUT2D eigenvalue weighted by Gasteiger charge is -2.07. The molecule has 1 aromatic rings. The van der Waals surface area contributed by atoms with Crippen LogP contribution in [0.4, 0.5) is 5.69 Å². The van der Waals surface area contributed by atoms with Crippen LogP contribution in [0.2, 0.25) is 5.02 Å². The van der Waals surface area contributed by atoms with E-state index in [-0.39, 0.29) is 34.5 Å². The Hall–Kier alpha value is -2.14. The minimum absolute atomic E-state index is 0.0170. The number of halogens is 1. The number of ketones is 1. The summed E-state index contributed by atoms with van der Waals surface area (Å²) in [4.78, 5) is 28.0. The highest BCUT2D eigenvalue weighted by atomic mass is 35.5. The Morgan fingerprint density at radius 2 is 1.96 bits per heavy atom. The molecule has 2 N–H and O–H groups in total. The number of carbonyl (C=O) groups is 2. The molecule has 0 saturated carbocycles. The molecule has 124 valence electrons. The van der Waals surface area contributed by atoms with E-state index in [1.807, 2.05) is 6.92 Å². The molecule has 0 bridgehead atoms. The number of benzene rings is 1. The molecule has 1 amide bonds. The van der Waals surface area contributed by atoms with Crippen LogP contribution in [0, 0.1) is 0 Å². The van der Waals surface area contributed by atoms with Gasteiger partial charge in [0.25, 0.3) is 5.91 Å². The standard InChI is InChI=1S/C17H21ClN2O3/c1-4-14(21)12(15(22)5-2)10-20-13-9-7-8-11(16(13)18)17(23)19-6-3/h7-10,21H,4-6H2,1-3H3,(H,19,23). The molecule has 0 saturated heterocycles. The summed E-state index contributed by atoms with van der Waals surface area (Å²) in [6.45, 7) is 5.76. The van der Waals surface area contributed by atoms with Crippen molar-refractivity contribution in [2.45, 2.75) is 33.6 Å². The third kappa shape index (κ3) is 4.93. The minimum atomic E-state index is -0.286. The van der Waals surface area contributed by atoms with Gasteiger partial charge in [0.2, 0.25) is 0 Å². The smallest absolute Gasteiger partial charge is 0.252 e. The van der Waals surface area contributed by atoms with Crippen LogP contribution < -0.4 is 5.32 Å². The third-order valence-corrected chi connectivity index (χ3v) is 3.56. The molecule has 0 aromatic heterocycles. The molecule has 0 aliphatic carbocycles. The lowest BCUT2D eigenvalue weighted by Crippen LogP contribution is -2.22. The van der Waals surface area contributed by atoms with Crippen LogP contribution in [0.1, 0.15) is 44.0 Å². The van der Waals surface area contributed by atoms with Gasteiger partial charge < -0.3 is 10.4 Å². The topological polar surface area (TPSA) is 78.8 Å². The summed E-state index contributed by atoms with van der Waals surface area (Å²) in [6.07, 6.45) is 1.89. The van der Waals surface area contributed by atoms with Gasteiger partial charge in [-0.05, 0) is 19.1 Å². The zero-order chi connectivity index (χ0) is 17.4.